The quantitative estimate of drug-likeness (QED) is 0.671. The van der Waals surface area contributed by atoms with Crippen LogP contribution >= 0.6 is 11.8 Å². The van der Waals surface area contributed by atoms with E-state index < -0.39 is 0 Å². The molecular formula is C11H10OS. The molecule has 0 aromatic heterocycles. The van der Waals surface area contributed by atoms with Crippen LogP contribution in [-0.2, 0) is 0 Å². The number of benzene rings is 1. The van der Waals surface area contributed by atoms with Crippen LogP contribution in [0.3, 0.4) is 0 Å². The maximum absolute atomic E-state index is 5.16. The van der Waals surface area contributed by atoms with Gasteiger partial charge in [-0.3, -0.25) is 0 Å². The molecule has 1 aliphatic rings. The molecule has 0 saturated heterocycles. The van der Waals surface area contributed by atoms with Crippen LogP contribution in [0.1, 0.15) is 5.56 Å². The molecule has 1 aromatic rings. The minimum atomic E-state index is 0.912. The average molecular weight is 190 g/mol. The van der Waals surface area contributed by atoms with E-state index in [1.54, 1.807) is 18.9 Å². The molecule has 66 valence electrons. The fourth-order valence-electron chi connectivity index (χ4n) is 1.20. The summed E-state index contributed by atoms with van der Waals surface area (Å²) in [7, 11) is 1.69. The summed E-state index contributed by atoms with van der Waals surface area (Å²) in [6.45, 7) is 0. The highest BCUT2D eigenvalue weighted by atomic mass is 32.2. The SMILES string of the molecule is COc1ccc2c(c1)SC=CC=C2. The Morgan fingerprint density at radius 2 is 2.15 bits per heavy atom. The topological polar surface area (TPSA) is 9.23 Å². The smallest absolute Gasteiger partial charge is 0.120 e. The van der Waals surface area contributed by atoms with Gasteiger partial charge in [0, 0.05) is 4.90 Å². The Morgan fingerprint density at radius 3 is 3.00 bits per heavy atom. The lowest BCUT2D eigenvalue weighted by molar-refractivity contribution is 0.413. The number of hydrogen-bond donors (Lipinski definition) is 0. The van der Waals surface area contributed by atoms with E-state index in [0.717, 1.165) is 5.75 Å². The van der Waals surface area contributed by atoms with E-state index >= 15 is 0 Å². The zero-order chi connectivity index (χ0) is 9.10. The summed E-state index contributed by atoms with van der Waals surface area (Å²) in [6, 6.07) is 6.11. The second-order valence-electron chi connectivity index (χ2n) is 2.71. The lowest BCUT2D eigenvalue weighted by Crippen LogP contribution is -1.84. The van der Waals surface area contributed by atoms with Gasteiger partial charge in [-0.05, 0) is 23.1 Å². The van der Waals surface area contributed by atoms with Gasteiger partial charge in [0.2, 0.25) is 0 Å². The largest absolute Gasteiger partial charge is 0.497 e. The molecule has 0 radical (unpaired) electrons. The summed E-state index contributed by atoms with van der Waals surface area (Å²) in [4.78, 5) is 1.24. The first-order chi connectivity index (χ1) is 6.40. The molecule has 13 heavy (non-hydrogen) atoms. The summed E-state index contributed by atoms with van der Waals surface area (Å²) in [5, 5.41) is 2.07. The van der Waals surface area contributed by atoms with E-state index in [9.17, 15) is 0 Å². The standard InChI is InChI=1S/C11H10OS/c1-12-10-6-5-9-4-2-3-7-13-11(9)8-10/h2-8H,1H3. The molecule has 0 saturated carbocycles. The fraction of sp³-hybridized carbons (Fsp3) is 0.0909. The van der Waals surface area contributed by atoms with E-state index in [1.807, 2.05) is 18.2 Å². The van der Waals surface area contributed by atoms with Crippen LogP contribution in [0, 0.1) is 0 Å². The predicted octanol–water partition coefficient (Wildman–Crippen LogP) is 3.33. The molecule has 1 aromatic carbocycles. The molecule has 0 aliphatic carbocycles. The summed E-state index contributed by atoms with van der Waals surface area (Å²) in [6.07, 6.45) is 6.19. The van der Waals surface area contributed by atoms with Crippen molar-refractivity contribution in [2.24, 2.45) is 0 Å². The third-order valence-electron chi connectivity index (χ3n) is 1.88. The van der Waals surface area contributed by atoms with Crippen molar-refractivity contribution >= 4 is 17.8 Å². The minimum absolute atomic E-state index is 0.912. The molecule has 1 heterocycles. The first kappa shape index (κ1) is 8.45. The molecule has 0 fully saturated rings. The summed E-state index contributed by atoms with van der Waals surface area (Å²) in [5.74, 6) is 0.912. The zero-order valence-electron chi connectivity index (χ0n) is 7.36. The Balaban J connectivity index is 2.45. The van der Waals surface area contributed by atoms with E-state index in [0.29, 0.717) is 0 Å². The fourth-order valence-corrected chi connectivity index (χ4v) is 1.97. The Hall–Kier alpha value is -1.15. The Bertz CT molecular complexity index is 366. The number of methoxy groups -OCH3 is 1. The molecule has 1 nitrogen and oxygen atoms in total. The highest BCUT2D eigenvalue weighted by molar-refractivity contribution is 8.02. The van der Waals surface area contributed by atoms with Gasteiger partial charge < -0.3 is 4.74 Å². The van der Waals surface area contributed by atoms with E-state index in [4.69, 9.17) is 4.74 Å². The van der Waals surface area contributed by atoms with Crippen molar-refractivity contribution in [3.63, 3.8) is 0 Å². The molecule has 2 rings (SSSR count). The highest BCUT2D eigenvalue weighted by Gasteiger charge is 2.02. The van der Waals surface area contributed by atoms with Crippen molar-refractivity contribution < 1.29 is 4.74 Å². The van der Waals surface area contributed by atoms with Crippen LogP contribution in [0.4, 0.5) is 0 Å². The Kier molecular flexibility index (Phi) is 2.41. The van der Waals surface area contributed by atoms with E-state index in [-0.39, 0.29) is 0 Å². The lowest BCUT2D eigenvalue weighted by atomic mass is 10.2. The van der Waals surface area contributed by atoms with Crippen molar-refractivity contribution in [3.8, 4) is 5.75 Å². The van der Waals surface area contributed by atoms with Gasteiger partial charge in [-0.25, -0.2) is 0 Å². The molecule has 0 spiro atoms. The molecule has 0 amide bonds. The van der Waals surface area contributed by atoms with E-state index in [1.165, 1.54) is 10.5 Å². The first-order valence-corrected chi connectivity index (χ1v) is 4.96. The van der Waals surface area contributed by atoms with Gasteiger partial charge >= 0.3 is 0 Å². The number of rotatable bonds is 1. The van der Waals surface area contributed by atoms with Crippen molar-refractivity contribution in [1.29, 1.82) is 0 Å². The molecule has 0 N–H and O–H groups in total. The van der Waals surface area contributed by atoms with Gasteiger partial charge in [0.05, 0.1) is 7.11 Å². The second kappa shape index (κ2) is 3.71. The number of allylic oxidation sites excluding steroid dienone is 2. The van der Waals surface area contributed by atoms with Crippen LogP contribution in [0.2, 0.25) is 0 Å². The van der Waals surface area contributed by atoms with Crippen LogP contribution < -0.4 is 4.74 Å². The Labute approximate surface area is 82.1 Å². The van der Waals surface area contributed by atoms with Gasteiger partial charge in [0.1, 0.15) is 5.75 Å². The van der Waals surface area contributed by atoms with E-state index in [2.05, 4.69) is 23.6 Å². The third-order valence-corrected chi connectivity index (χ3v) is 2.78. The normalized spacial score (nSPS) is 13.6. The molecule has 0 unspecified atom stereocenters. The summed E-state index contributed by atoms with van der Waals surface area (Å²) in [5.41, 5.74) is 1.25. The van der Waals surface area contributed by atoms with Gasteiger partial charge in [0.15, 0.2) is 0 Å². The van der Waals surface area contributed by atoms with Gasteiger partial charge in [-0.2, -0.15) is 0 Å². The number of ether oxygens (including phenoxy) is 1. The van der Waals surface area contributed by atoms with Crippen LogP contribution in [0.25, 0.3) is 6.08 Å². The van der Waals surface area contributed by atoms with Gasteiger partial charge in [-0.15, -0.1) is 0 Å². The van der Waals surface area contributed by atoms with Crippen molar-refractivity contribution in [2.75, 3.05) is 7.11 Å². The van der Waals surface area contributed by atoms with Gasteiger partial charge in [-0.1, -0.05) is 36.1 Å². The molecular weight excluding hydrogens is 180 g/mol. The second-order valence-corrected chi connectivity index (χ2v) is 3.66. The number of hydrogen-bond acceptors (Lipinski definition) is 2. The van der Waals surface area contributed by atoms with Crippen LogP contribution in [0.5, 0.6) is 5.75 Å². The van der Waals surface area contributed by atoms with Crippen LogP contribution in [-0.4, -0.2) is 7.11 Å². The van der Waals surface area contributed by atoms with Gasteiger partial charge in [0.25, 0.3) is 0 Å². The maximum Gasteiger partial charge on any atom is 0.120 e. The van der Waals surface area contributed by atoms with Crippen molar-refractivity contribution in [1.82, 2.24) is 0 Å². The lowest BCUT2D eigenvalue weighted by Gasteiger charge is -2.04. The third kappa shape index (κ3) is 1.78. The summed E-state index contributed by atoms with van der Waals surface area (Å²) >= 11 is 1.72. The maximum atomic E-state index is 5.16. The molecule has 0 atom stereocenters. The molecule has 0 bridgehead atoms. The first-order valence-electron chi connectivity index (χ1n) is 4.08. The zero-order valence-corrected chi connectivity index (χ0v) is 8.17. The molecule has 2 heteroatoms. The van der Waals surface area contributed by atoms with Crippen molar-refractivity contribution in [3.05, 3.63) is 41.3 Å². The predicted molar refractivity (Wildman–Crippen MR) is 57.0 cm³/mol. The Morgan fingerprint density at radius 1 is 1.23 bits per heavy atom. The average Bonchev–Trinajstić information content (AvgIpc) is 2.41. The number of thioether (sulfide) groups is 1. The van der Waals surface area contributed by atoms with Crippen LogP contribution in [0.15, 0.2) is 40.7 Å². The molecule has 1 aliphatic heterocycles. The highest BCUT2D eigenvalue weighted by Crippen LogP contribution is 2.30. The minimum Gasteiger partial charge on any atom is -0.497 e. The number of fused-ring (bicyclic) bond motifs is 1. The van der Waals surface area contributed by atoms with Crippen molar-refractivity contribution in [2.45, 2.75) is 4.90 Å². The monoisotopic (exact) mass is 190 g/mol. The summed E-state index contributed by atoms with van der Waals surface area (Å²) < 4.78 is 5.16.